The normalized spacial score (nSPS) is 10.0. The molecule has 0 saturated carbocycles. The van der Waals surface area contributed by atoms with Gasteiger partial charge in [-0.25, -0.2) is 0 Å². The van der Waals surface area contributed by atoms with Crippen LogP contribution in [0.25, 0.3) is 11.3 Å². The maximum atomic E-state index is 11.6. The number of hydrogen-bond donors (Lipinski definition) is 1. The summed E-state index contributed by atoms with van der Waals surface area (Å²) >= 11 is 0. The zero-order valence-electron chi connectivity index (χ0n) is 11.3. The minimum atomic E-state index is -0.367. The Morgan fingerprint density at radius 1 is 1.20 bits per heavy atom. The van der Waals surface area contributed by atoms with E-state index in [0.717, 1.165) is 24.2 Å². The van der Waals surface area contributed by atoms with Crippen molar-refractivity contribution < 1.29 is 4.74 Å². The van der Waals surface area contributed by atoms with Crippen molar-refractivity contribution in [1.82, 2.24) is 4.98 Å². The van der Waals surface area contributed by atoms with Crippen molar-refractivity contribution in [3.8, 4) is 23.1 Å². The van der Waals surface area contributed by atoms with Crippen LogP contribution in [0.15, 0.2) is 41.2 Å². The molecule has 0 aliphatic heterocycles. The molecule has 1 aromatic heterocycles. The van der Waals surface area contributed by atoms with Crippen LogP contribution in [0.5, 0.6) is 5.75 Å². The minimum Gasteiger partial charge on any atom is -0.494 e. The lowest BCUT2D eigenvalue weighted by atomic mass is 10.1. The Labute approximate surface area is 117 Å². The summed E-state index contributed by atoms with van der Waals surface area (Å²) in [5.74, 6) is 0.818. The van der Waals surface area contributed by atoms with Crippen molar-refractivity contribution in [2.75, 3.05) is 6.61 Å². The fraction of sp³-hybridized carbons (Fsp3) is 0.250. The SMILES string of the molecule is CCCCOc1ccc(-c2ccc(C#N)c(=O)[nH]2)cc1. The van der Waals surface area contributed by atoms with Gasteiger partial charge in [-0.2, -0.15) is 5.26 Å². The first-order valence-electron chi connectivity index (χ1n) is 6.61. The van der Waals surface area contributed by atoms with Gasteiger partial charge in [0.1, 0.15) is 17.4 Å². The van der Waals surface area contributed by atoms with E-state index in [1.807, 2.05) is 30.3 Å². The Bertz CT molecular complexity index is 666. The third-order valence-electron chi connectivity index (χ3n) is 2.96. The average Bonchev–Trinajstić information content (AvgIpc) is 2.48. The number of unbranched alkanes of at least 4 members (excludes halogenated alkanes) is 1. The van der Waals surface area contributed by atoms with Gasteiger partial charge in [-0.05, 0) is 48.4 Å². The summed E-state index contributed by atoms with van der Waals surface area (Å²) in [6.07, 6.45) is 2.13. The van der Waals surface area contributed by atoms with Crippen LogP contribution in [-0.4, -0.2) is 11.6 Å². The molecule has 4 nitrogen and oxygen atoms in total. The van der Waals surface area contributed by atoms with E-state index in [-0.39, 0.29) is 11.1 Å². The summed E-state index contributed by atoms with van der Waals surface area (Å²) in [4.78, 5) is 14.3. The van der Waals surface area contributed by atoms with Crippen LogP contribution in [0.1, 0.15) is 25.3 Å². The second-order valence-corrected chi connectivity index (χ2v) is 4.45. The van der Waals surface area contributed by atoms with Gasteiger partial charge in [-0.3, -0.25) is 4.79 Å². The molecule has 102 valence electrons. The molecule has 2 aromatic rings. The number of pyridine rings is 1. The third kappa shape index (κ3) is 3.27. The predicted octanol–water partition coefficient (Wildman–Crippen LogP) is 3.09. The van der Waals surface area contributed by atoms with Gasteiger partial charge in [0.25, 0.3) is 5.56 Å². The van der Waals surface area contributed by atoms with E-state index in [2.05, 4.69) is 11.9 Å². The van der Waals surface area contributed by atoms with Gasteiger partial charge < -0.3 is 9.72 Å². The van der Waals surface area contributed by atoms with Crippen LogP contribution < -0.4 is 10.3 Å². The van der Waals surface area contributed by atoms with Crippen LogP contribution in [0.3, 0.4) is 0 Å². The third-order valence-corrected chi connectivity index (χ3v) is 2.96. The Hall–Kier alpha value is -2.54. The molecule has 20 heavy (non-hydrogen) atoms. The Morgan fingerprint density at radius 2 is 1.95 bits per heavy atom. The molecule has 1 N–H and O–H groups in total. The van der Waals surface area contributed by atoms with Crippen LogP contribution in [-0.2, 0) is 0 Å². The van der Waals surface area contributed by atoms with Crippen LogP contribution in [0.4, 0.5) is 0 Å². The summed E-state index contributed by atoms with van der Waals surface area (Å²) < 4.78 is 5.58. The second-order valence-electron chi connectivity index (χ2n) is 4.45. The summed E-state index contributed by atoms with van der Waals surface area (Å²) in [6.45, 7) is 2.83. The predicted molar refractivity (Wildman–Crippen MR) is 77.6 cm³/mol. The topological polar surface area (TPSA) is 65.9 Å². The molecule has 0 saturated heterocycles. The lowest BCUT2D eigenvalue weighted by Crippen LogP contribution is -2.10. The van der Waals surface area contributed by atoms with Crippen LogP contribution >= 0.6 is 0 Å². The van der Waals surface area contributed by atoms with Crippen molar-refractivity contribution in [3.05, 3.63) is 52.3 Å². The molecule has 0 atom stereocenters. The highest BCUT2D eigenvalue weighted by atomic mass is 16.5. The van der Waals surface area contributed by atoms with E-state index in [0.29, 0.717) is 12.3 Å². The van der Waals surface area contributed by atoms with Gasteiger partial charge in [0.15, 0.2) is 0 Å². The second kappa shape index (κ2) is 6.58. The first kappa shape index (κ1) is 13.9. The van der Waals surface area contributed by atoms with Crippen LogP contribution in [0, 0.1) is 11.3 Å². The highest BCUT2D eigenvalue weighted by Gasteiger charge is 2.03. The van der Waals surface area contributed by atoms with Gasteiger partial charge >= 0.3 is 0 Å². The molecule has 0 fully saturated rings. The Balaban J connectivity index is 2.16. The standard InChI is InChI=1S/C16H16N2O2/c1-2-3-10-20-14-7-4-12(5-8-14)15-9-6-13(11-17)16(19)18-15/h4-9H,2-3,10H2,1H3,(H,18,19). The fourth-order valence-corrected chi connectivity index (χ4v) is 1.80. The largest absolute Gasteiger partial charge is 0.494 e. The molecule has 1 aromatic carbocycles. The number of aromatic amines is 1. The molecule has 0 bridgehead atoms. The number of hydrogen-bond acceptors (Lipinski definition) is 3. The monoisotopic (exact) mass is 268 g/mol. The zero-order chi connectivity index (χ0) is 14.4. The number of ether oxygens (including phenoxy) is 1. The van der Waals surface area contributed by atoms with Crippen LogP contribution in [0.2, 0.25) is 0 Å². The van der Waals surface area contributed by atoms with Crippen molar-refractivity contribution >= 4 is 0 Å². The van der Waals surface area contributed by atoms with Gasteiger partial charge in [-0.15, -0.1) is 0 Å². The zero-order valence-corrected chi connectivity index (χ0v) is 11.3. The summed E-state index contributed by atoms with van der Waals surface area (Å²) in [7, 11) is 0. The van der Waals surface area contributed by atoms with Crippen molar-refractivity contribution in [2.24, 2.45) is 0 Å². The van der Waals surface area contributed by atoms with E-state index in [4.69, 9.17) is 10.00 Å². The van der Waals surface area contributed by atoms with Gasteiger partial charge in [0.05, 0.1) is 6.61 Å². The van der Waals surface area contributed by atoms with E-state index in [1.54, 1.807) is 6.07 Å². The molecule has 4 heteroatoms. The van der Waals surface area contributed by atoms with Gasteiger partial charge in [-0.1, -0.05) is 13.3 Å². The van der Waals surface area contributed by atoms with Crippen molar-refractivity contribution in [3.63, 3.8) is 0 Å². The molecular formula is C16H16N2O2. The first-order chi connectivity index (χ1) is 9.74. The number of nitrogens with one attached hydrogen (secondary N) is 1. The molecule has 0 unspecified atom stereocenters. The summed E-state index contributed by atoms with van der Waals surface area (Å²) in [6, 6.07) is 12.6. The minimum absolute atomic E-state index is 0.119. The van der Waals surface area contributed by atoms with Gasteiger partial charge in [0.2, 0.25) is 0 Å². The Kier molecular flexibility index (Phi) is 4.56. The number of nitriles is 1. The highest BCUT2D eigenvalue weighted by molar-refractivity contribution is 5.60. The molecule has 1 heterocycles. The van der Waals surface area contributed by atoms with Crippen molar-refractivity contribution in [2.45, 2.75) is 19.8 Å². The molecular weight excluding hydrogens is 252 g/mol. The lowest BCUT2D eigenvalue weighted by Gasteiger charge is -2.06. The van der Waals surface area contributed by atoms with E-state index >= 15 is 0 Å². The molecule has 0 aliphatic carbocycles. The molecule has 2 rings (SSSR count). The maximum absolute atomic E-state index is 11.6. The molecule has 0 radical (unpaired) electrons. The lowest BCUT2D eigenvalue weighted by molar-refractivity contribution is 0.309. The molecule has 0 aliphatic rings. The van der Waals surface area contributed by atoms with Crippen molar-refractivity contribution in [1.29, 1.82) is 5.26 Å². The number of H-pyrrole nitrogens is 1. The number of nitrogens with zero attached hydrogens (tertiary/aromatic N) is 1. The molecule has 0 spiro atoms. The number of rotatable bonds is 5. The molecule has 0 amide bonds. The number of benzene rings is 1. The Morgan fingerprint density at radius 3 is 2.55 bits per heavy atom. The highest BCUT2D eigenvalue weighted by Crippen LogP contribution is 2.20. The van der Waals surface area contributed by atoms with E-state index in [1.165, 1.54) is 6.07 Å². The maximum Gasteiger partial charge on any atom is 0.266 e. The smallest absolute Gasteiger partial charge is 0.266 e. The van der Waals surface area contributed by atoms with E-state index < -0.39 is 0 Å². The quantitative estimate of drug-likeness (QED) is 0.847. The fourth-order valence-electron chi connectivity index (χ4n) is 1.80. The van der Waals surface area contributed by atoms with E-state index in [9.17, 15) is 4.79 Å². The van der Waals surface area contributed by atoms with Gasteiger partial charge in [0, 0.05) is 5.69 Å². The average molecular weight is 268 g/mol. The summed E-state index contributed by atoms with van der Waals surface area (Å²) in [5, 5.41) is 8.73. The summed E-state index contributed by atoms with van der Waals surface area (Å²) in [5.41, 5.74) is 1.32. The first-order valence-corrected chi connectivity index (χ1v) is 6.61. The number of aromatic nitrogens is 1.